The van der Waals surface area contributed by atoms with Gasteiger partial charge in [-0.05, 0) is 25.7 Å². The first kappa shape index (κ1) is 21.0. The third kappa shape index (κ3) is 6.82. The summed E-state index contributed by atoms with van der Waals surface area (Å²) in [5.41, 5.74) is -1.06. The highest BCUT2D eigenvalue weighted by molar-refractivity contribution is 6.00. The standard InChI is InChI=1S/C20H36O4/c1-3-5-12-16-23-18(21)20(14-10-8-7-9-11-15-20)19(22)24-17-13-6-4-2/h3-17H2,1-2H3. The van der Waals surface area contributed by atoms with Crippen LogP contribution in [-0.4, -0.2) is 25.2 Å². The summed E-state index contributed by atoms with van der Waals surface area (Å²) in [4.78, 5) is 25.5. The Hall–Kier alpha value is -1.06. The second-order valence-electron chi connectivity index (χ2n) is 7.04. The van der Waals surface area contributed by atoms with E-state index in [-0.39, 0.29) is 11.9 Å². The van der Waals surface area contributed by atoms with Crippen LogP contribution in [0.5, 0.6) is 0 Å². The fraction of sp³-hybridized carbons (Fsp3) is 0.900. The molecule has 1 aliphatic rings. The van der Waals surface area contributed by atoms with Gasteiger partial charge >= 0.3 is 11.9 Å². The van der Waals surface area contributed by atoms with E-state index in [9.17, 15) is 9.59 Å². The summed E-state index contributed by atoms with van der Waals surface area (Å²) in [6.45, 7) is 5.06. The molecule has 4 nitrogen and oxygen atoms in total. The van der Waals surface area contributed by atoms with Crippen molar-refractivity contribution < 1.29 is 19.1 Å². The average Bonchev–Trinajstić information content (AvgIpc) is 2.55. The van der Waals surface area contributed by atoms with Crippen LogP contribution in [0.4, 0.5) is 0 Å². The Labute approximate surface area is 147 Å². The molecule has 0 saturated heterocycles. The van der Waals surface area contributed by atoms with Crippen molar-refractivity contribution in [1.82, 2.24) is 0 Å². The van der Waals surface area contributed by atoms with Gasteiger partial charge < -0.3 is 9.47 Å². The fourth-order valence-electron chi connectivity index (χ4n) is 3.31. The third-order valence-electron chi connectivity index (χ3n) is 4.95. The summed E-state index contributed by atoms with van der Waals surface area (Å²) in [5.74, 6) is -0.693. The minimum Gasteiger partial charge on any atom is -0.465 e. The predicted molar refractivity (Wildman–Crippen MR) is 95.7 cm³/mol. The van der Waals surface area contributed by atoms with Crippen LogP contribution in [0.1, 0.15) is 97.3 Å². The Morgan fingerprint density at radius 1 is 0.708 bits per heavy atom. The zero-order valence-electron chi connectivity index (χ0n) is 15.7. The van der Waals surface area contributed by atoms with Crippen molar-refractivity contribution in [2.24, 2.45) is 5.41 Å². The quantitative estimate of drug-likeness (QED) is 0.312. The van der Waals surface area contributed by atoms with Crippen LogP contribution in [0, 0.1) is 5.41 Å². The molecule has 0 aromatic heterocycles. The van der Waals surface area contributed by atoms with Gasteiger partial charge in [0.15, 0.2) is 5.41 Å². The largest absolute Gasteiger partial charge is 0.465 e. The number of hydrogen-bond donors (Lipinski definition) is 0. The molecule has 1 saturated carbocycles. The smallest absolute Gasteiger partial charge is 0.323 e. The summed E-state index contributed by atoms with van der Waals surface area (Å²) in [5, 5.41) is 0. The highest BCUT2D eigenvalue weighted by Gasteiger charge is 2.48. The van der Waals surface area contributed by atoms with Gasteiger partial charge in [-0.3, -0.25) is 9.59 Å². The van der Waals surface area contributed by atoms with Crippen molar-refractivity contribution in [3.63, 3.8) is 0 Å². The lowest BCUT2D eigenvalue weighted by Gasteiger charge is -2.31. The molecule has 24 heavy (non-hydrogen) atoms. The van der Waals surface area contributed by atoms with Gasteiger partial charge in [-0.25, -0.2) is 0 Å². The lowest BCUT2D eigenvalue weighted by molar-refractivity contribution is -0.174. The SMILES string of the molecule is CCCCCOC(=O)C1(C(=O)OCCCCC)CCCCCCC1. The van der Waals surface area contributed by atoms with Gasteiger partial charge in [-0.1, -0.05) is 71.6 Å². The zero-order chi connectivity index (χ0) is 17.7. The molecule has 0 aromatic carbocycles. The zero-order valence-corrected chi connectivity index (χ0v) is 15.7. The molecule has 140 valence electrons. The maximum atomic E-state index is 12.8. The minimum absolute atomic E-state index is 0.346. The second-order valence-corrected chi connectivity index (χ2v) is 7.04. The van der Waals surface area contributed by atoms with Gasteiger partial charge in [-0.2, -0.15) is 0 Å². The molecule has 0 spiro atoms. The van der Waals surface area contributed by atoms with E-state index in [4.69, 9.17) is 9.47 Å². The molecule has 1 fully saturated rings. The van der Waals surface area contributed by atoms with Gasteiger partial charge in [0.2, 0.25) is 0 Å². The monoisotopic (exact) mass is 340 g/mol. The first-order valence-electron chi connectivity index (χ1n) is 10.0. The maximum Gasteiger partial charge on any atom is 0.323 e. The van der Waals surface area contributed by atoms with Crippen LogP contribution >= 0.6 is 0 Å². The van der Waals surface area contributed by atoms with Gasteiger partial charge in [0, 0.05) is 0 Å². The molecule has 0 aromatic rings. The van der Waals surface area contributed by atoms with E-state index < -0.39 is 5.41 Å². The van der Waals surface area contributed by atoms with Crippen LogP contribution in [0.3, 0.4) is 0 Å². The van der Waals surface area contributed by atoms with Gasteiger partial charge in [0.25, 0.3) is 0 Å². The Balaban J connectivity index is 2.69. The lowest BCUT2D eigenvalue weighted by Crippen LogP contribution is -2.42. The number of ether oxygens (including phenoxy) is 2. The topological polar surface area (TPSA) is 52.6 Å². The summed E-state index contributed by atoms with van der Waals surface area (Å²) in [6.07, 6.45) is 12.3. The van der Waals surface area contributed by atoms with Crippen LogP contribution < -0.4 is 0 Å². The van der Waals surface area contributed by atoms with E-state index in [0.717, 1.165) is 64.2 Å². The Morgan fingerprint density at radius 3 is 1.54 bits per heavy atom. The third-order valence-corrected chi connectivity index (χ3v) is 4.95. The first-order valence-corrected chi connectivity index (χ1v) is 10.0. The summed E-state index contributed by atoms with van der Waals surface area (Å²) >= 11 is 0. The average molecular weight is 341 g/mol. The Kier molecular flexibility index (Phi) is 10.8. The van der Waals surface area contributed by atoms with Gasteiger partial charge in [0.1, 0.15) is 0 Å². The second kappa shape index (κ2) is 12.3. The van der Waals surface area contributed by atoms with Crippen molar-refractivity contribution in [3.8, 4) is 0 Å². The molecule has 1 rings (SSSR count). The first-order chi connectivity index (χ1) is 11.7. The van der Waals surface area contributed by atoms with E-state index in [1.54, 1.807) is 0 Å². The minimum atomic E-state index is -1.06. The highest BCUT2D eigenvalue weighted by Crippen LogP contribution is 2.37. The number of unbranched alkanes of at least 4 members (excludes halogenated alkanes) is 4. The highest BCUT2D eigenvalue weighted by atomic mass is 16.6. The number of esters is 2. The molecular weight excluding hydrogens is 304 g/mol. The van der Waals surface area contributed by atoms with Crippen LogP contribution in [0.25, 0.3) is 0 Å². The summed E-state index contributed by atoms with van der Waals surface area (Å²) in [7, 11) is 0. The normalized spacial score (nSPS) is 17.6. The molecule has 0 heterocycles. The van der Waals surface area contributed by atoms with Crippen molar-refractivity contribution >= 4 is 11.9 Å². The van der Waals surface area contributed by atoms with Crippen molar-refractivity contribution in [1.29, 1.82) is 0 Å². The Bertz CT molecular complexity index is 331. The number of carbonyl (C=O) groups is 2. The van der Waals surface area contributed by atoms with E-state index >= 15 is 0 Å². The molecule has 4 heteroatoms. The molecule has 0 aliphatic heterocycles. The number of rotatable bonds is 10. The molecule has 0 N–H and O–H groups in total. The van der Waals surface area contributed by atoms with E-state index in [1.807, 2.05) is 0 Å². The van der Waals surface area contributed by atoms with Crippen LogP contribution in [-0.2, 0) is 19.1 Å². The number of hydrogen-bond acceptors (Lipinski definition) is 4. The molecule has 0 bridgehead atoms. The summed E-state index contributed by atoms with van der Waals surface area (Å²) in [6, 6.07) is 0. The molecule has 0 atom stereocenters. The lowest BCUT2D eigenvalue weighted by atomic mass is 9.76. The van der Waals surface area contributed by atoms with Crippen molar-refractivity contribution in [2.75, 3.05) is 13.2 Å². The summed E-state index contributed by atoms with van der Waals surface area (Å²) < 4.78 is 11.0. The van der Waals surface area contributed by atoms with Crippen LogP contribution in [0.15, 0.2) is 0 Å². The Morgan fingerprint density at radius 2 is 1.12 bits per heavy atom. The maximum absolute atomic E-state index is 12.8. The molecule has 1 aliphatic carbocycles. The van der Waals surface area contributed by atoms with Gasteiger partial charge in [0.05, 0.1) is 13.2 Å². The van der Waals surface area contributed by atoms with E-state index in [0.29, 0.717) is 26.1 Å². The molecule has 0 amide bonds. The molecule has 0 unspecified atom stereocenters. The van der Waals surface area contributed by atoms with Crippen molar-refractivity contribution in [2.45, 2.75) is 97.3 Å². The van der Waals surface area contributed by atoms with Gasteiger partial charge in [-0.15, -0.1) is 0 Å². The van der Waals surface area contributed by atoms with Crippen LogP contribution in [0.2, 0.25) is 0 Å². The molecular formula is C20H36O4. The van der Waals surface area contributed by atoms with Crippen molar-refractivity contribution in [3.05, 3.63) is 0 Å². The molecule has 0 radical (unpaired) electrons. The number of carbonyl (C=O) groups excluding carboxylic acids is 2. The van der Waals surface area contributed by atoms with E-state index in [2.05, 4.69) is 13.8 Å². The fourth-order valence-corrected chi connectivity index (χ4v) is 3.31. The van der Waals surface area contributed by atoms with E-state index in [1.165, 1.54) is 6.42 Å². The predicted octanol–water partition coefficient (Wildman–Crippen LogP) is 5.18.